The Morgan fingerprint density at radius 3 is 3.06 bits per heavy atom. The topological polar surface area (TPSA) is 53.6 Å². The lowest BCUT2D eigenvalue weighted by molar-refractivity contribution is -0.124. The Morgan fingerprint density at radius 2 is 2.33 bits per heavy atom. The molecule has 0 aliphatic carbocycles. The van der Waals surface area contributed by atoms with Gasteiger partial charge in [-0.25, -0.2) is 0 Å². The van der Waals surface area contributed by atoms with Crippen molar-refractivity contribution >= 4 is 5.91 Å². The Kier molecular flexibility index (Phi) is 4.59. The molecule has 0 saturated carbocycles. The lowest BCUT2D eigenvalue weighted by atomic mass is 9.94. The van der Waals surface area contributed by atoms with Gasteiger partial charge in [-0.15, -0.1) is 0 Å². The van der Waals surface area contributed by atoms with Gasteiger partial charge in [0.2, 0.25) is 5.91 Å². The SMILES string of the molecule is CC1OCCC1(C)NC(=O)CN1CCCNCC1. The number of carbonyl (C=O) groups excluding carboxylic acids is 1. The molecular formula is C13H25N3O2. The van der Waals surface area contributed by atoms with Crippen LogP contribution in [0, 0.1) is 0 Å². The summed E-state index contributed by atoms with van der Waals surface area (Å²) in [5, 5.41) is 6.49. The Balaban J connectivity index is 1.80. The van der Waals surface area contributed by atoms with Crippen molar-refractivity contribution in [2.24, 2.45) is 0 Å². The summed E-state index contributed by atoms with van der Waals surface area (Å²) in [5.74, 6) is 0.122. The third-order valence-electron chi connectivity index (χ3n) is 4.11. The Hall–Kier alpha value is -0.650. The number of hydrogen-bond donors (Lipinski definition) is 2. The summed E-state index contributed by atoms with van der Waals surface area (Å²) in [6.45, 7) is 9.34. The molecule has 5 nitrogen and oxygen atoms in total. The van der Waals surface area contributed by atoms with Gasteiger partial charge in [0, 0.05) is 19.7 Å². The average Bonchev–Trinajstić information content (AvgIpc) is 2.55. The smallest absolute Gasteiger partial charge is 0.234 e. The van der Waals surface area contributed by atoms with Crippen molar-refractivity contribution in [2.45, 2.75) is 38.3 Å². The normalized spacial score (nSPS) is 34.2. The van der Waals surface area contributed by atoms with Crippen molar-refractivity contribution in [1.29, 1.82) is 0 Å². The minimum absolute atomic E-state index is 0.104. The van der Waals surface area contributed by atoms with Crippen LogP contribution in [0.4, 0.5) is 0 Å². The Labute approximate surface area is 109 Å². The molecule has 0 aromatic carbocycles. The molecule has 0 aromatic rings. The van der Waals surface area contributed by atoms with Crippen molar-refractivity contribution in [3.05, 3.63) is 0 Å². The van der Waals surface area contributed by atoms with Gasteiger partial charge in [0.1, 0.15) is 0 Å². The molecule has 1 amide bonds. The number of nitrogens with one attached hydrogen (secondary N) is 2. The molecule has 5 heteroatoms. The van der Waals surface area contributed by atoms with Gasteiger partial charge in [0.25, 0.3) is 0 Å². The molecule has 18 heavy (non-hydrogen) atoms. The van der Waals surface area contributed by atoms with Gasteiger partial charge in [-0.1, -0.05) is 0 Å². The van der Waals surface area contributed by atoms with E-state index in [1.165, 1.54) is 0 Å². The Morgan fingerprint density at radius 1 is 1.50 bits per heavy atom. The molecule has 0 aromatic heterocycles. The van der Waals surface area contributed by atoms with E-state index >= 15 is 0 Å². The second kappa shape index (κ2) is 5.99. The van der Waals surface area contributed by atoms with Crippen LogP contribution in [0.25, 0.3) is 0 Å². The van der Waals surface area contributed by atoms with Crippen LogP contribution in [0.15, 0.2) is 0 Å². The monoisotopic (exact) mass is 255 g/mol. The van der Waals surface area contributed by atoms with Gasteiger partial charge in [-0.3, -0.25) is 9.69 Å². The summed E-state index contributed by atoms with van der Waals surface area (Å²) in [7, 11) is 0. The zero-order valence-electron chi connectivity index (χ0n) is 11.5. The first-order valence-corrected chi connectivity index (χ1v) is 6.96. The van der Waals surface area contributed by atoms with Crippen molar-refractivity contribution < 1.29 is 9.53 Å². The first-order chi connectivity index (χ1) is 8.60. The molecule has 2 fully saturated rings. The molecule has 2 saturated heterocycles. The highest BCUT2D eigenvalue weighted by atomic mass is 16.5. The minimum Gasteiger partial charge on any atom is -0.376 e. The van der Waals surface area contributed by atoms with Gasteiger partial charge >= 0.3 is 0 Å². The molecule has 2 atom stereocenters. The highest BCUT2D eigenvalue weighted by Gasteiger charge is 2.38. The minimum atomic E-state index is -0.193. The molecule has 2 N–H and O–H groups in total. The van der Waals surface area contributed by atoms with Gasteiger partial charge < -0.3 is 15.4 Å². The van der Waals surface area contributed by atoms with Crippen molar-refractivity contribution in [2.75, 3.05) is 39.3 Å². The van der Waals surface area contributed by atoms with Crippen molar-refractivity contribution in [1.82, 2.24) is 15.5 Å². The second-order valence-electron chi connectivity index (χ2n) is 5.61. The molecule has 0 bridgehead atoms. The van der Waals surface area contributed by atoms with Crippen LogP contribution in [0.2, 0.25) is 0 Å². The van der Waals surface area contributed by atoms with E-state index < -0.39 is 0 Å². The molecule has 104 valence electrons. The van der Waals surface area contributed by atoms with Gasteiger partial charge in [-0.2, -0.15) is 0 Å². The summed E-state index contributed by atoms with van der Waals surface area (Å²) in [5.41, 5.74) is -0.193. The second-order valence-corrected chi connectivity index (χ2v) is 5.61. The fraction of sp³-hybridized carbons (Fsp3) is 0.923. The van der Waals surface area contributed by atoms with E-state index in [4.69, 9.17) is 4.74 Å². The first-order valence-electron chi connectivity index (χ1n) is 6.96. The maximum absolute atomic E-state index is 12.1. The fourth-order valence-electron chi connectivity index (χ4n) is 2.62. The van der Waals surface area contributed by atoms with E-state index in [0.717, 1.165) is 45.6 Å². The predicted molar refractivity (Wildman–Crippen MR) is 70.5 cm³/mol. The Bertz CT molecular complexity index is 290. The highest BCUT2D eigenvalue weighted by molar-refractivity contribution is 5.79. The van der Waals surface area contributed by atoms with E-state index in [-0.39, 0.29) is 17.6 Å². The quantitative estimate of drug-likeness (QED) is 0.743. The number of amides is 1. The summed E-state index contributed by atoms with van der Waals surface area (Å²) in [6, 6.07) is 0. The third kappa shape index (κ3) is 3.43. The molecule has 2 heterocycles. The van der Waals surface area contributed by atoms with Crippen LogP contribution in [0.1, 0.15) is 26.7 Å². The molecule has 2 unspecified atom stereocenters. The van der Waals surface area contributed by atoms with E-state index in [2.05, 4.69) is 22.5 Å². The van der Waals surface area contributed by atoms with Crippen LogP contribution < -0.4 is 10.6 Å². The zero-order valence-corrected chi connectivity index (χ0v) is 11.5. The number of nitrogens with zero attached hydrogens (tertiary/aromatic N) is 1. The van der Waals surface area contributed by atoms with Crippen molar-refractivity contribution in [3.8, 4) is 0 Å². The standard InChI is InChI=1S/C13H25N3O2/c1-11-13(2,4-9-18-11)15-12(17)10-16-7-3-5-14-6-8-16/h11,14H,3-10H2,1-2H3,(H,15,17). The molecular weight excluding hydrogens is 230 g/mol. The van der Waals surface area contributed by atoms with Crippen molar-refractivity contribution in [3.63, 3.8) is 0 Å². The number of hydrogen-bond acceptors (Lipinski definition) is 4. The van der Waals surface area contributed by atoms with E-state index in [0.29, 0.717) is 6.54 Å². The summed E-state index contributed by atoms with van der Waals surface area (Å²) in [6.07, 6.45) is 2.12. The zero-order chi connectivity index (χ0) is 13.0. The van der Waals surface area contributed by atoms with E-state index in [1.54, 1.807) is 0 Å². The van der Waals surface area contributed by atoms with Gasteiger partial charge in [0.05, 0.1) is 18.2 Å². The number of rotatable bonds is 3. The maximum atomic E-state index is 12.1. The van der Waals surface area contributed by atoms with Gasteiger partial charge in [-0.05, 0) is 39.8 Å². The highest BCUT2D eigenvalue weighted by Crippen LogP contribution is 2.24. The van der Waals surface area contributed by atoms with E-state index in [9.17, 15) is 4.79 Å². The van der Waals surface area contributed by atoms with Crippen LogP contribution in [-0.2, 0) is 9.53 Å². The molecule has 0 spiro atoms. The number of ether oxygens (including phenoxy) is 1. The molecule has 2 aliphatic heterocycles. The third-order valence-corrected chi connectivity index (χ3v) is 4.11. The van der Waals surface area contributed by atoms with Gasteiger partial charge in [0.15, 0.2) is 0 Å². The summed E-state index contributed by atoms with van der Waals surface area (Å²) >= 11 is 0. The largest absolute Gasteiger partial charge is 0.376 e. The fourth-order valence-corrected chi connectivity index (χ4v) is 2.62. The first kappa shape index (κ1) is 13.8. The maximum Gasteiger partial charge on any atom is 0.234 e. The van der Waals surface area contributed by atoms with Crippen LogP contribution in [0.3, 0.4) is 0 Å². The lowest BCUT2D eigenvalue weighted by Crippen LogP contribution is -2.53. The molecule has 2 aliphatic rings. The van der Waals surface area contributed by atoms with Crippen LogP contribution in [0.5, 0.6) is 0 Å². The molecule has 0 radical (unpaired) electrons. The summed E-state index contributed by atoms with van der Waals surface area (Å²) in [4.78, 5) is 14.3. The predicted octanol–water partition coefficient (Wildman–Crippen LogP) is -0.0346. The van der Waals surface area contributed by atoms with Crippen LogP contribution in [-0.4, -0.2) is 61.8 Å². The van der Waals surface area contributed by atoms with Crippen LogP contribution >= 0.6 is 0 Å². The molecule has 2 rings (SSSR count). The summed E-state index contributed by atoms with van der Waals surface area (Å²) < 4.78 is 5.54. The average molecular weight is 255 g/mol. The van der Waals surface area contributed by atoms with E-state index in [1.807, 2.05) is 6.92 Å². The number of carbonyl (C=O) groups is 1. The lowest BCUT2D eigenvalue weighted by Gasteiger charge is -2.30.